The molecule has 0 spiro atoms. The number of hydrogen-bond donors (Lipinski definition) is 0. The van der Waals surface area contributed by atoms with Crippen molar-refractivity contribution in [3.63, 3.8) is 0 Å². The number of halogens is 1. The second-order valence-electron chi connectivity index (χ2n) is 11.6. The molecule has 2 aliphatic rings. The Morgan fingerprint density at radius 3 is 2.51 bits per heavy atom. The molecule has 1 aliphatic heterocycles. The van der Waals surface area contributed by atoms with Crippen molar-refractivity contribution >= 4 is 45.7 Å². The Hall–Kier alpha value is -3.59. The lowest BCUT2D eigenvalue weighted by Crippen LogP contribution is -2.52. The van der Waals surface area contributed by atoms with Crippen LogP contribution in [0.2, 0.25) is 5.02 Å². The van der Waals surface area contributed by atoms with Crippen molar-refractivity contribution in [2.24, 2.45) is 11.8 Å². The molecule has 1 amide bonds. The molecule has 1 aliphatic carbocycles. The number of hydrogen-bond acceptors (Lipinski definition) is 6. The zero-order valence-corrected chi connectivity index (χ0v) is 23.4. The summed E-state index contributed by atoms with van der Waals surface area (Å²) in [4.78, 5) is 36.3. The van der Waals surface area contributed by atoms with Crippen molar-refractivity contribution in [1.29, 1.82) is 0 Å². The Balaban J connectivity index is 1.42. The van der Waals surface area contributed by atoms with Gasteiger partial charge in [0.2, 0.25) is 0 Å². The Bertz CT molecular complexity index is 1590. The molecule has 9 nitrogen and oxygen atoms in total. The minimum absolute atomic E-state index is 0.199. The molecule has 10 heteroatoms. The van der Waals surface area contributed by atoms with Crippen molar-refractivity contribution in [3.8, 4) is 11.5 Å². The molecule has 1 saturated carbocycles. The number of carbonyl (C=O) groups excluding carboxylic acids is 2. The van der Waals surface area contributed by atoms with E-state index in [-0.39, 0.29) is 12.0 Å². The summed E-state index contributed by atoms with van der Waals surface area (Å²) in [5, 5.41) is 1.48. The second kappa shape index (κ2) is 9.55. The van der Waals surface area contributed by atoms with E-state index in [1.165, 1.54) is 20.0 Å². The molecule has 0 unspecified atom stereocenters. The number of fused-ring (bicyclic) bond motifs is 2. The first-order chi connectivity index (χ1) is 18.6. The van der Waals surface area contributed by atoms with Crippen molar-refractivity contribution in [2.75, 3.05) is 20.2 Å². The van der Waals surface area contributed by atoms with Crippen LogP contribution in [-0.2, 0) is 22.6 Å². The second-order valence-corrected chi connectivity index (χ2v) is 12.0. The molecule has 204 valence electrons. The van der Waals surface area contributed by atoms with Gasteiger partial charge >= 0.3 is 12.1 Å². The number of amides is 1. The van der Waals surface area contributed by atoms with Crippen LogP contribution in [0.3, 0.4) is 0 Å². The van der Waals surface area contributed by atoms with Crippen molar-refractivity contribution in [3.05, 3.63) is 47.1 Å². The van der Waals surface area contributed by atoms with Crippen molar-refractivity contribution in [1.82, 2.24) is 24.0 Å². The van der Waals surface area contributed by atoms with Crippen LogP contribution in [0.25, 0.3) is 33.6 Å². The molecule has 1 aromatic carbocycles. The van der Waals surface area contributed by atoms with Crippen LogP contribution in [0.1, 0.15) is 44.0 Å². The van der Waals surface area contributed by atoms with Gasteiger partial charge in [0.15, 0.2) is 5.82 Å². The number of nitrogens with zero attached hydrogens (tertiary/aromatic N) is 5. The third-order valence-corrected chi connectivity index (χ3v) is 7.58. The number of aromatic nitrogens is 4. The van der Waals surface area contributed by atoms with Crippen LogP contribution in [0.15, 0.2) is 36.5 Å². The van der Waals surface area contributed by atoms with Gasteiger partial charge in [0.05, 0.1) is 34.4 Å². The predicted octanol–water partition coefficient (Wildman–Crippen LogP) is 5.77. The quantitative estimate of drug-likeness (QED) is 0.284. The number of benzene rings is 1. The van der Waals surface area contributed by atoms with Crippen LogP contribution in [0.4, 0.5) is 4.79 Å². The van der Waals surface area contributed by atoms with Crippen LogP contribution < -0.4 is 0 Å². The first-order valence-electron chi connectivity index (χ1n) is 13.3. The normalized spacial score (nSPS) is 16.1. The fourth-order valence-electron chi connectivity index (χ4n) is 5.26. The zero-order chi connectivity index (χ0) is 27.5. The summed E-state index contributed by atoms with van der Waals surface area (Å²) in [7, 11) is 1.35. The van der Waals surface area contributed by atoms with Gasteiger partial charge in [-0.3, -0.25) is 0 Å². The van der Waals surface area contributed by atoms with E-state index in [9.17, 15) is 9.59 Å². The number of esters is 1. The number of ether oxygens (including phenoxy) is 2. The average molecular weight is 550 g/mol. The van der Waals surface area contributed by atoms with E-state index in [4.69, 9.17) is 26.1 Å². The number of carbonyl (C=O) groups is 2. The third-order valence-electron chi connectivity index (χ3n) is 7.29. The largest absolute Gasteiger partial charge is 0.465 e. The predicted molar refractivity (Wildman–Crippen MR) is 149 cm³/mol. The summed E-state index contributed by atoms with van der Waals surface area (Å²) in [6.45, 7) is 8.25. The zero-order valence-electron chi connectivity index (χ0n) is 22.6. The van der Waals surface area contributed by atoms with E-state index >= 15 is 0 Å². The monoisotopic (exact) mass is 549 g/mol. The van der Waals surface area contributed by atoms with Crippen molar-refractivity contribution < 1.29 is 19.1 Å². The topological polar surface area (TPSA) is 91.5 Å². The van der Waals surface area contributed by atoms with Crippen LogP contribution in [-0.4, -0.2) is 61.9 Å². The molecule has 0 N–H and O–H groups in total. The molecule has 0 atom stereocenters. The Kier molecular flexibility index (Phi) is 6.29. The molecule has 4 aromatic rings. The summed E-state index contributed by atoms with van der Waals surface area (Å²) in [5.41, 5.74) is 3.09. The van der Waals surface area contributed by atoms with E-state index in [1.807, 2.05) is 33.0 Å². The average Bonchev–Trinajstić information content (AvgIpc) is 3.50. The number of pyridine rings is 1. The SMILES string of the molecule is COC(=O)c1cc(Cl)c2c(c1)nc(-c1cc3cccnc3n1CC1CC1)n2CC1CN(C(=O)OC(C)(C)C)C1. The number of imidazole rings is 1. The van der Waals surface area contributed by atoms with Gasteiger partial charge in [0.25, 0.3) is 0 Å². The Labute approximate surface area is 231 Å². The molecule has 0 radical (unpaired) electrons. The van der Waals surface area contributed by atoms with Gasteiger partial charge in [0, 0.05) is 43.7 Å². The van der Waals surface area contributed by atoms with Crippen LogP contribution in [0.5, 0.6) is 0 Å². The standard InChI is InChI=1S/C29H32ClN5O4/c1-29(2,3)39-28(37)33-13-18(14-33)16-35-24-21(30)10-20(27(36)38-4)11-22(24)32-26(35)23-12-19-6-5-9-31-25(19)34(23)15-17-7-8-17/h5-6,9-12,17-18H,7-8,13-16H2,1-4H3. The molecular weight excluding hydrogens is 518 g/mol. The lowest BCUT2D eigenvalue weighted by molar-refractivity contribution is -0.00312. The minimum atomic E-state index is -0.538. The molecule has 2 fully saturated rings. The Morgan fingerprint density at radius 1 is 1.08 bits per heavy atom. The smallest absolute Gasteiger partial charge is 0.410 e. The highest BCUT2D eigenvalue weighted by molar-refractivity contribution is 6.35. The molecule has 4 heterocycles. The molecule has 1 saturated heterocycles. The van der Waals surface area contributed by atoms with E-state index in [1.54, 1.807) is 17.0 Å². The minimum Gasteiger partial charge on any atom is -0.465 e. The summed E-state index contributed by atoms with van der Waals surface area (Å²) in [6.07, 6.45) is 3.93. The van der Waals surface area contributed by atoms with E-state index in [0.717, 1.165) is 34.6 Å². The number of methoxy groups -OCH3 is 1. The molecule has 39 heavy (non-hydrogen) atoms. The molecular formula is C29H32ClN5O4. The summed E-state index contributed by atoms with van der Waals surface area (Å²) >= 11 is 6.81. The van der Waals surface area contributed by atoms with Crippen LogP contribution >= 0.6 is 11.6 Å². The Morgan fingerprint density at radius 2 is 1.82 bits per heavy atom. The maximum Gasteiger partial charge on any atom is 0.410 e. The first-order valence-corrected chi connectivity index (χ1v) is 13.7. The summed E-state index contributed by atoms with van der Waals surface area (Å²) in [5.74, 6) is 1.13. The van der Waals surface area contributed by atoms with Gasteiger partial charge in [-0.25, -0.2) is 19.6 Å². The third kappa shape index (κ3) is 4.95. The summed E-state index contributed by atoms with van der Waals surface area (Å²) < 4.78 is 14.9. The molecule has 6 rings (SSSR count). The van der Waals surface area contributed by atoms with E-state index < -0.39 is 11.6 Å². The molecule has 0 bridgehead atoms. The maximum absolute atomic E-state index is 12.5. The molecule has 3 aromatic heterocycles. The highest BCUT2D eigenvalue weighted by atomic mass is 35.5. The van der Waals surface area contributed by atoms with Gasteiger partial charge in [-0.15, -0.1) is 0 Å². The van der Waals surface area contributed by atoms with Gasteiger partial charge in [0.1, 0.15) is 11.2 Å². The van der Waals surface area contributed by atoms with Gasteiger partial charge < -0.3 is 23.5 Å². The number of rotatable bonds is 6. The number of likely N-dealkylation sites (tertiary alicyclic amines) is 1. The van der Waals surface area contributed by atoms with Crippen LogP contribution in [0, 0.1) is 11.8 Å². The fraction of sp³-hybridized carbons (Fsp3) is 0.448. The van der Waals surface area contributed by atoms with E-state index in [0.29, 0.717) is 41.7 Å². The van der Waals surface area contributed by atoms with Crippen molar-refractivity contribution in [2.45, 2.75) is 52.3 Å². The van der Waals surface area contributed by atoms with Gasteiger partial charge in [-0.1, -0.05) is 11.6 Å². The highest BCUT2D eigenvalue weighted by Gasteiger charge is 2.35. The highest BCUT2D eigenvalue weighted by Crippen LogP contribution is 2.38. The first kappa shape index (κ1) is 25.7. The van der Waals surface area contributed by atoms with Gasteiger partial charge in [-0.05, 0) is 69.9 Å². The lowest BCUT2D eigenvalue weighted by Gasteiger charge is -2.40. The fourth-order valence-corrected chi connectivity index (χ4v) is 5.58. The lowest BCUT2D eigenvalue weighted by atomic mass is 10.0. The van der Waals surface area contributed by atoms with E-state index in [2.05, 4.69) is 26.3 Å². The van der Waals surface area contributed by atoms with Gasteiger partial charge in [-0.2, -0.15) is 0 Å². The maximum atomic E-state index is 12.5. The summed E-state index contributed by atoms with van der Waals surface area (Å²) in [6, 6.07) is 9.50.